The lowest BCUT2D eigenvalue weighted by atomic mass is 9.75. The largest absolute Gasteiger partial charge is 0.490 e. The number of benzene rings is 2. The zero-order chi connectivity index (χ0) is 19.0. The average Bonchev–Trinajstić information content (AvgIpc) is 2.67. The molecule has 27 heavy (non-hydrogen) atoms. The molecule has 0 saturated heterocycles. The van der Waals surface area contributed by atoms with Crippen molar-refractivity contribution in [2.75, 3.05) is 0 Å². The molecule has 1 nitrogen and oxygen atoms in total. The second kappa shape index (κ2) is 7.21. The van der Waals surface area contributed by atoms with Crippen molar-refractivity contribution in [1.29, 1.82) is 0 Å². The molecule has 1 fully saturated rings. The molecular formula is C23H25F3O. The number of hydrogen-bond acceptors (Lipinski definition) is 1. The third-order valence-electron chi connectivity index (χ3n) is 6.20. The van der Waals surface area contributed by atoms with Crippen LogP contribution in [0.5, 0.6) is 5.75 Å². The molecule has 1 aliphatic heterocycles. The van der Waals surface area contributed by atoms with Crippen LogP contribution < -0.4 is 4.74 Å². The average molecular weight is 374 g/mol. The first kappa shape index (κ1) is 18.4. The highest BCUT2D eigenvalue weighted by molar-refractivity contribution is 5.38. The van der Waals surface area contributed by atoms with E-state index >= 15 is 0 Å². The highest BCUT2D eigenvalue weighted by atomic mass is 19.4. The molecule has 0 radical (unpaired) electrons. The maximum Gasteiger partial charge on any atom is 0.416 e. The number of ether oxygens (including phenoxy) is 1. The molecule has 1 unspecified atom stereocenters. The van der Waals surface area contributed by atoms with Crippen LogP contribution in [0.2, 0.25) is 0 Å². The van der Waals surface area contributed by atoms with Gasteiger partial charge in [-0.2, -0.15) is 13.2 Å². The summed E-state index contributed by atoms with van der Waals surface area (Å²) in [5, 5.41) is 0. The Morgan fingerprint density at radius 2 is 1.59 bits per heavy atom. The Morgan fingerprint density at radius 3 is 2.26 bits per heavy atom. The van der Waals surface area contributed by atoms with Crippen LogP contribution in [0.3, 0.4) is 0 Å². The van der Waals surface area contributed by atoms with E-state index in [2.05, 4.69) is 25.1 Å². The predicted molar refractivity (Wildman–Crippen MR) is 100 cm³/mol. The molecule has 1 heterocycles. The first-order valence-corrected chi connectivity index (χ1v) is 9.83. The van der Waals surface area contributed by atoms with Crippen molar-refractivity contribution in [2.45, 2.75) is 63.6 Å². The number of alkyl halides is 3. The van der Waals surface area contributed by atoms with Crippen LogP contribution in [0.15, 0.2) is 42.5 Å². The maximum atomic E-state index is 12.7. The third-order valence-corrected chi connectivity index (χ3v) is 6.20. The second-order valence-corrected chi connectivity index (χ2v) is 8.04. The SMILES string of the molecule is Cc1ccc2c(c1)CCC(C1CCC(c3ccc(C(F)(F)F)cc3)CC1)O2. The van der Waals surface area contributed by atoms with E-state index in [0.29, 0.717) is 11.8 Å². The predicted octanol–water partition coefficient (Wildman–Crippen LogP) is 6.68. The van der Waals surface area contributed by atoms with Crippen molar-refractivity contribution < 1.29 is 17.9 Å². The summed E-state index contributed by atoms with van der Waals surface area (Å²) in [4.78, 5) is 0. The van der Waals surface area contributed by atoms with Gasteiger partial charge < -0.3 is 4.74 Å². The summed E-state index contributed by atoms with van der Waals surface area (Å²) in [5.41, 5.74) is 3.05. The van der Waals surface area contributed by atoms with Gasteiger partial charge in [0, 0.05) is 0 Å². The lowest BCUT2D eigenvalue weighted by molar-refractivity contribution is -0.137. The topological polar surface area (TPSA) is 9.23 Å². The van der Waals surface area contributed by atoms with Crippen molar-refractivity contribution >= 4 is 0 Å². The van der Waals surface area contributed by atoms with Crippen LogP contribution in [0, 0.1) is 12.8 Å². The van der Waals surface area contributed by atoms with Gasteiger partial charge >= 0.3 is 6.18 Å². The fraction of sp³-hybridized carbons (Fsp3) is 0.478. The summed E-state index contributed by atoms with van der Waals surface area (Å²) in [6.07, 6.45) is 2.35. The molecule has 1 saturated carbocycles. The lowest BCUT2D eigenvalue weighted by Crippen LogP contribution is -2.33. The minimum Gasteiger partial charge on any atom is -0.490 e. The van der Waals surface area contributed by atoms with Gasteiger partial charge in [0.05, 0.1) is 5.56 Å². The second-order valence-electron chi connectivity index (χ2n) is 8.04. The summed E-state index contributed by atoms with van der Waals surface area (Å²) in [6.45, 7) is 2.11. The summed E-state index contributed by atoms with van der Waals surface area (Å²) in [6, 6.07) is 12.1. The summed E-state index contributed by atoms with van der Waals surface area (Å²) in [7, 11) is 0. The van der Waals surface area contributed by atoms with E-state index in [-0.39, 0.29) is 6.10 Å². The van der Waals surface area contributed by atoms with Crippen molar-refractivity contribution in [2.24, 2.45) is 5.92 Å². The van der Waals surface area contributed by atoms with Crippen molar-refractivity contribution in [3.8, 4) is 5.75 Å². The van der Waals surface area contributed by atoms with E-state index in [0.717, 1.165) is 49.8 Å². The molecule has 144 valence electrons. The monoisotopic (exact) mass is 374 g/mol. The Hall–Kier alpha value is -1.97. The number of aryl methyl sites for hydroxylation is 2. The highest BCUT2D eigenvalue weighted by Gasteiger charge is 2.33. The Kier molecular flexibility index (Phi) is 4.92. The fourth-order valence-electron chi connectivity index (χ4n) is 4.64. The van der Waals surface area contributed by atoms with Gasteiger partial charge in [-0.05, 0) is 86.6 Å². The molecule has 0 spiro atoms. The van der Waals surface area contributed by atoms with E-state index in [1.165, 1.54) is 23.3 Å². The van der Waals surface area contributed by atoms with Crippen molar-refractivity contribution in [3.05, 3.63) is 64.7 Å². The molecule has 0 amide bonds. The number of halogens is 3. The van der Waals surface area contributed by atoms with Gasteiger partial charge in [-0.15, -0.1) is 0 Å². The van der Waals surface area contributed by atoms with Crippen LogP contribution >= 0.6 is 0 Å². The minimum atomic E-state index is -4.26. The maximum absolute atomic E-state index is 12.7. The van der Waals surface area contributed by atoms with Crippen LogP contribution in [0.4, 0.5) is 13.2 Å². The normalized spacial score (nSPS) is 25.6. The molecule has 2 aromatic rings. The Morgan fingerprint density at radius 1 is 0.889 bits per heavy atom. The quantitative estimate of drug-likeness (QED) is 0.569. The Labute approximate surface area is 158 Å². The molecule has 4 heteroatoms. The van der Waals surface area contributed by atoms with E-state index in [1.807, 2.05) is 0 Å². The number of fused-ring (bicyclic) bond motifs is 1. The van der Waals surface area contributed by atoms with Crippen LogP contribution in [-0.2, 0) is 12.6 Å². The molecule has 0 bridgehead atoms. The summed E-state index contributed by atoms with van der Waals surface area (Å²) < 4.78 is 44.5. The molecule has 0 N–H and O–H groups in total. The lowest BCUT2D eigenvalue weighted by Gasteiger charge is -2.37. The smallest absolute Gasteiger partial charge is 0.416 e. The first-order valence-electron chi connectivity index (χ1n) is 9.83. The van der Waals surface area contributed by atoms with Crippen molar-refractivity contribution in [1.82, 2.24) is 0 Å². The van der Waals surface area contributed by atoms with E-state index in [4.69, 9.17) is 4.74 Å². The van der Waals surface area contributed by atoms with Gasteiger partial charge in [0.2, 0.25) is 0 Å². The summed E-state index contributed by atoms with van der Waals surface area (Å²) >= 11 is 0. The van der Waals surface area contributed by atoms with E-state index < -0.39 is 11.7 Å². The molecule has 1 atom stereocenters. The fourth-order valence-corrected chi connectivity index (χ4v) is 4.64. The minimum absolute atomic E-state index is 0.272. The van der Waals surface area contributed by atoms with Gasteiger partial charge in [0.1, 0.15) is 11.9 Å². The highest BCUT2D eigenvalue weighted by Crippen LogP contribution is 2.41. The van der Waals surface area contributed by atoms with Crippen LogP contribution in [0.25, 0.3) is 0 Å². The van der Waals surface area contributed by atoms with Gasteiger partial charge in [-0.3, -0.25) is 0 Å². The molecule has 2 aromatic carbocycles. The van der Waals surface area contributed by atoms with Crippen molar-refractivity contribution in [3.63, 3.8) is 0 Å². The number of rotatable bonds is 2. The Bertz CT molecular complexity index is 786. The zero-order valence-corrected chi connectivity index (χ0v) is 15.6. The van der Waals surface area contributed by atoms with Gasteiger partial charge in [-0.25, -0.2) is 0 Å². The molecular weight excluding hydrogens is 349 g/mol. The van der Waals surface area contributed by atoms with Crippen LogP contribution in [0.1, 0.15) is 60.3 Å². The molecule has 0 aromatic heterocycles. The van der Waals surface area contributed by atoms with E-state index in [9.17, 15) is 13.2 Å². The first-order chi connectivity index (χ1) is 12.9. The zero-order valence-electron chi connectivity index (χ0n) is 15.6. The standard InChI is InChI=1S/C23H25F3O/c1-15-2-12-22-19(14-15)9-13-21(27-22)18-5-3-16(4-6-18)17-7-10-20(11-8-17)23(24,25)26/h2,7-8,10-12,14,16,18,21H,3-6,9,13H2,1H3. The van der Waals surface area contributed by atoms with E-state index in [1.54, 1.807) is 12.1 Å². The van der Waals surface area contributed by atoms with Gasteiger partial charge in [-0.1, -0.05) is 29.8 Å². The summed E-state index contributed by atoms with van der Waals surface area (Å²) in [5.74, 6) is 1.94. The molecule has 2 aliphatic rings. The molecule has 4 rings (SSSR count). The third kappa shape index (κ3) is 3.99. The van der Waals surface area contributed by atoms with Crippen LogP contribution in [-0.4, -0.2) is 6.10 Å². The Balaban J connectivity index is 1.36. The number of hydrogen-bond donors (Lipinski definition) is 0. The molecule has 1 aliphatic carbocycles. The van der Waals surface area contributed by atoms with Gasteiger partial charge in [0.15, 0.2) is 0 Å². The van der Waals surface area contributed by atoms with Gasteiger partial charge in [0.25, 0.3) is 0 Å².